The molecule has 0 unspecified atom stereocenters. The molecule has 2 aromatic heterocycles. The Kier molecular flexibility index (Phi) is 6.51. The molecule has 0 bridgehead atoms. The van der Waals surface area contributed by atoms with E-state index in [0.717, 1.165) is 55.8 Å². The van der Waals surface area contributed by atoms with Crippen LogP contribution in [0.15, 0.2) is 140 Å². The Morgan fingerprint density at radius 2 is 0.902 bits per heavy atom. The van der Waals surface area contributed by atoms with Crippen molar-refractivity contribution < 1.29 is 0 Å². The summed E-state index contributed by atoms with van der Waals surface area (Å²) in [6.07, 6.45) is 0. The van der Waals surface area contributed by atoms with E-state index in [2.05, 4.69) is 59.6 Å². The zero-order valence-electron chi connectivity index (χ0n) is 21.9. The van der Waals surface area contributed by atoms with E-state index in [1.807, 2.05) is 84.9 Å². The third-order valence-corrected chi connectivity index (χ3v) is 7.27. The molecule has 194 valence electrons. The second-order valence-electron chi connectivity index (χ2n) is 9.70. The lowest BCUT2D eigenvalue weighted by Gasteiger charge is -2.11. The average molecular weight is 547 g/mol. The van der Waals surface area contributed by atoms with Crippen LogP contribution in [-0.2, 0) is 0 Å². The van der Waals surface area contributed by atoms with E-state index in [-0.39, 0.29) is 0 Å². The summed E-state index contributed by atoms with van der Waals surface area (Å²) in [4.78, 5) is 19.2. The van der Waals surface area contributed by atoms with E-state index < -0.39 is 0 Å². The molecule has 0 aliphatic carbocycles. The quantitative estimate of drug-likeness (QED) is 0.216. The number of fused-ring (bicyclic) bond motifs is 1. The first-order chi connectivity index (χ1) is 20.2. The number of halogens is 1. The highest BCUT2D eigenvalue weighted by molar-refractivity contribution is 6.32. The van der Waals surface area contributed by atoms with Gasteiger partial charge in [-0.25, -0.2) is 19.9 Å². The molecule has 5 aromatic carbocycles. The van der Waals surface area contributed by atoms with Gasteiger partial charge in [-0.2, -0.15) is 0 Å². The Hall–Kier alpha value is -5.19. The van der Waals surface area contributed by atoms with E-state index in [0.29, 0.717) is 16.7 Å². The van der Waals surface area contributed by atoms with Crippen LogP contribution in [0.2, 0.25) is 5.15 Å². The van der Waals surface area contributed by atoms with E-state index in [1.165, 1.54) is 0 Å². The molecule has 0 saturated heterocycles. The predicted octanol–water partition coefficient (Wildman–Crippen LogP) is 9.41. The number of nitrogens with zero attached hydrogens (tertiary/aromatic N) is 4. The maximum absolute atomic E-state index is 6.51. The normalized spacial score (nSPS) is 11.0. The minimum absolute atomic E-state index is 0.394. The van der Waals surface area contributed by atoms with Crippen molar-refractivity contribution in [1.82, 2.24) is 19.9 Å². The minimum Gasteiger partial charge on any atom is -0.243 e. The van der Waals surface area contributed by atoms with Gasteiger partial charge in [0.1, 0.15) is 5.69 Å². The first kappa shape index (κ1) is 24.8. The van der Waals surface area contributed by atoms with Crippen molar-refractivity contribution in [2.45, 2.75) is 0 Å². The molecule has 0 radical (unpaired) electrons. The van der Waals surface area contributed by atoms with Gasteiger partial charge in [-0.3, -0.25) is 0 Å². The van der Waals surface area contributed by atoms with Crippen molar-refractivity contribution in [3.05, 3.63) is 145 Å². The summed E-state index contributed by atoms with van der Waals surface area (Å²) in [5, 5.41) is 0.394. The number of hydrogen-bond donors (Lipinski definition) is 0. The van der Waals surface area contributed by atoms with Crippen LogP contribution >= 0.6 is 11.6 Å². The highest BCUT2D eigenvalue weighted by Gasteiger charge is 2.13. The van der Waals surface area contributed by atoms with Gasteiger partial charge in [0.15, 0.2) is 11.0 Å². The molecule has 5 heteroatoms. The molecule has 4 nitrogen and oxygen atoms in total. The van der Waals surface area contributed by atoms with Gasteiger partial charge in [-0.1, -0.05) is 127 Å². The van der Waals surface area contributed by atoms with Crippen molar-refractivity contribution in [2.75, 3.05) is 0 Å². The van der Waals surface area contributed by atoms with Gasteiger partial charge in [0.05, 0.1) is 22.4 Å². The first-order valence-corrected chi connectivity index (χ1v) is 13.7. The third kappa shape index (κ3) is 5.09. The molecule has 0 fully saturated rings. The maximum atomic E-state index is 6.51. The number of hydrogen-bond acceptors (Lipinski definition) is 4. The smallest absolute Gasteiger partial charge is 0.160 e. The van der Waals surface area contributed by atoms with E-state index in [9.17, 15) is 0 Å². The van der Waals surface area contributed by atoms with Crippen molar-refractivity contribution in [3.63, 3.8) is 0 Å². The zero-order chi connectivity index (χ0) is 27.6. The molecular weight excluding hydrogens is 524 g/mol. The summed E-state index contributed by atoms with van der Waals surface area (Å²) >= 11 is 6.51. The number of benzene rings is 5. The van der Waals surface area contributed by atoms with Crippen molar-refractivity contribution in [3.8, 4) is 56.3 Å². The summed E-state index contributed by atoms with van der Waals surface area (Å²) in [5.74, 6) is 0.699. The Balaban J connectivity index is 1.26. The standard InChI is InChI=1S/C36H23ClN4/c37-35-34(38-30-16-7-8-17-31(30)39-35)26-20-18-24(19-21-26)28-14-9-15-29(22-28)33-23-32(25-10-3-1-4-11-25)40-36(41-33)27-12-5-2-6-13-27/h1-23H. The van der Waals surface area contributed by atoms with Crippen LogP contribution in [0.25, 0.3) is 67.3 Å². The fourth-order valence-electron chi connectivity index (χ4n) is 4.91. The fourth-order valence-corrected chi connectivity index (χ4v) is 5.15. The average Bonchev–Trinajstić information content (AvgIpc) is 3.05. The van der Waals surface area contributed by atoms with Gasteiger partial charge in [-0.05, 0) is 35.4 Å². The molecule has 0 aliphatic rings. The molecule has 7 rings (SSSR count). The fraction of sp³-hybridized carbons (Fsp3) is 0. The summed E-state index contributed by atoms with van der Waals surface area (Å²) in [6.45, 7) is 0. The van der Waals surface area contributed by atoms with E-state index >= 15 is 0 Å². The van der Waals surface area contributed by atoms with Crippen molar-refractivity contribution in [2.24, 2.45) is 0 Å². The Morgan fingerprint density at radius 1 is 0.366 bits per heavy atom. The van der Waals surface area contributed by atoms with Crippen LogP contribution in [0, 0.1) is 0 Å². The Bertz CT molecular complexity index is 1930. The third-order valence-electron chi connectivity index (χ3n) is 7.01. The molecule has 0 saturated carbocycles. The highest BCUT2D eigenvalue weighted by Crippen LogP contribution is 2.32. The van der Waals surface area contributed by atoms with E-state index in [4.69, 9.17) is 26.6 Å². The van der Waals surface area contributed by atoms with Gasteiger partial charge >= 0.3 is 0 Å². The topological polar surface area (TPSA) is 51.6 Å². The Labute approximate surface area is 243 Å². The maximum Gasteiger partial charge on any atom is 0.160 e. The Morgan fingerprint density at radius 3 is 1.61 bits per heavy atom. The molecule has 2 heterocycles. The van der Waals surface area contributed by atoms with Crippen molar-refractivity contribution in [1.29, 1.82) is 0 Å². The highest BCUT2D eigenvalue weighted by atomic mass is 35.5. The van der Waals surface area contributed by atoms with Gasteiger partial charge in [0.25, 0.3) is 0 Å². The lowest BCUT2D eigenvalue weighted by Crippen LogP contribution is -1.96. The second kappa shape index (κ2) is 10.8. The molecule has 0 atom stereocenters. The lowest BCUT2D eigenvalue weighted by molar-refractivity contribution is 1.18. The molecule has 0 aliphatic heterocycles. The molecule has 0 spiro atoms. The second-order valence-corrected chi connectivity index (χ2v) is 10.1. The van der Waals surface area contributed by atoms with E-state index in [1.54, 1.807) is 0 Å². The van der Waals surface area contributed by atoms with Gasteiger partial charge in [-0.15, -0.1) is 0 Å². The molecule has 7 aromatic rings. The number of aromatic nitrogens is 4. The number of rotatable bonds is 5. The summed E-state index contributed by atoms with van der Waals surface area (Å²) in [5.41, 5.74) is 10.2. The SMILES string of the molecule is Clc1nc2ccccc2nc1-c1ccc(-c2cccc(-c3cc(-c4ccccc4)nc(-c4ccccc4)n3)c2)cc1. The van der Waals surface area contributed by atoms with Crippen LogP contribution in [0.1, 0.15) is 0 Å². The van der Waals surface area contributed by atoms with Gasteiger partial charge in [0.2, 0.25) is 0 Å². The summed E-state index contributed by atoms with van der Waals surface area (Å²) < 4.78 is 0. The molecule has 41 heavy (non-hydrogen) atoms. The van der Waals surface area contributed by atoms with Crippen LogP contribution in [0.4, 0.5) is 0 Å². The minimum atomic E-state index is 0.394. The predicted molar refractivity (Wildman–Crippen MR) is 167 cm³/mol. The monoisotopic (exact) mass is 546 g/mol. The first-order valence-electron chi connectivity index (χ1n) is 13.3. The van der Waals surface area contributed by atoms with Crippen molar-refractivity contribution >= 4 is 22.6 Å². The van der Waals surface area contributed by atoms with Crippen LogP contribution in [0.5, 0.6) is 0 Å². The van der Waals surface area contributed by atoms with Crippen LogP contribution in [-0.4, -0.2) is 19.9 Å². The van der Waals surface area contributed by atoms with Crippen LogP contribution in [0.3, 0.4) is 0 Å². The number of para-hydroxylation sites is 2. The van der Waals surface area contributed by atoms with Crippen LogP contribution < -0.4 is 0 Å². The van der Waals surface area contributed by atoms with Gasteiger partial charge in [0, 0.05) is 22.3 Å². The zero-order valence-corrected chi connectivity index (χ0v) is 22.7. The largest absolute Gasteiger partial charge is 0.243 e. The van der Waals surface area contributed by atoms with Gasteiger partial charge < -0.3 is 0 Å². The summed E-state index contributed by atoms with van der Waals surface area (Å²) in [6, 6.07) is 46.8. The molecular formula is C36H23ClN4. The molecule has 0 amide bonds. The lowest BCUT2D eigenvalue weighted by atomic mass is 9.99. The molecule has 0 N–H and O–H groups in total. The summed E-state index contributed by atoms with van der Waals surface area (Å²) in [7, 11) is 0.